The lowest BCUT2D eigenvalue weighted by Gasteiger charge is -2.41. The number of carbonyl (C=O) groups is 2. The maximum atomic E-state index is 14.1. The average Bonchev–Trinajstić information content (AvgIpc) is 3.62. The van der Waals surface area contributed by atoms with E-state index in [0.717, 1.165) is 5.01 Å². The Labute approximate surface area is 241 Å². The molecule has 7 rings (SSSR count). The predicted molar refractivity (Wildman–Crippen MR) is 151 cm³/mol. The first kappa shape index (κ1) is 27.7. The summed E-state index contributed by atoms with van der Waals surface area (Å²) in [6, 6.07) is 10.3. The van der Waals surface area contributed by atoms with Crippen LogP contribution in [0.5, 0.6) is 5.75 Å². The Morgan fingerprint density at radius 2 is 1.58 bits per heavy atom. The number of phenols is 1. The average molecular weight is 593 g/mol. The number of rotatable bonds is 6. The van der Waals surface area contributed by atoms with Gasteiger partial charge in [-0.05, 0) is 18.2 Å². The molecule has 5 aromatic rings. The molecule has 0 saturated carbocycles. The number of aliphatic hydroxyl groups is 6. The second-order valence-corrected chi connectivity index (χ2v) is 10.8. The molecule has 1 saturated heterocycles. The zero-order chi connectivity index (χ0) is 30.3. The first-order valence-corrected chi connectivity index (χ1v) is 13.6. The van der Waals surface area contributed by atoms with E-state index in [0.29, 0.717) is 43.6 Å². The van der Waals surface area contributed by atoms with Crippen molar-refractivity contribution < 1.29 is 50.1 Å². The van der Waals surface area contributed by atoms with Crippen LogP contribution in [-0.2, 0) is 4.74 Å². The van der Waals surface area contributed by atoms with Crippen molar-refractivity contribution in [2.75, 3.05) is 19.8 Å². The van der Waals surface area contributed by atoms with Gasteiger partial charge in [0.15, 0.2) is 6.23 Å². The summed E-state index contributed by atoms with van der Waals surface area (Å²) in [4.78, 5) is 31.3. The molecule has 9 N–H and O–H groups in total. The summed E-state index contributed by atoms with van der Waals surface area (Å²) in [5.41, 5.74) is 4.23. The number of imide groups is 1. The molecule has 2 amide bonds. The van der Waals surface area contributed by atoms with Crippen molar-refractivity contribution in [2.24, 2.45) is 0 Å². The zero-order valence-electron chi connectivity index (χ0n) is 22.4. The van der Waals surface area contributed by atoms with Crippen LogP contribution in [0.25, 0.3) is 43.6 Å². The van der Waals surface area contributed by atoms with Gasteiger partial charge < -0.3 is 50.0 Å². The number of hydrogen-bond acceptors (Lipinski definition) is 11. The Bertz CT molecular complexity index is 1940. The van der Waals surface area contributed by atoms with Gasteiger partial charge >= 0.3 is 0 Å². The number of nitrogens with zero attached hydrogens (tertiary/aromatic N) is 2. The number of amides is 2. The maximum absolute atomic E-state index is 14.1. The molecule has 2 aliphatic heterocycles. The molecule has 5 atom stereocenters. The van der Waals surface area contributed by atoms with Gasteiger partial charge in [0.05, 0.1) is 59.1 Å². The number of hydrogen-bond donors (Lipinski definition) is 9. The van der Waals surface area contributed by atoms with E-state index in [1.807, 2.05) is 0 Å². The number of aliphatic hydroxyl groups excluding tert-OH is 6. The van der Waals surface area contributed by atoms with E-state index in [1.54, 1.807) is 34.9 Å². The molecule has 14 nitrogen and oxygen atoms in total. The third kappa shape index (κ3) is 3.76. The van der Waals surface area contributed by atoms with Crippen molar-refractivity contribution >= 4 is 55.4 Å². The minimum atomic E-state index is -1.69. The van der Waals surface area contributed by atoms with Crippen molar-refractivity contribution in [3.05, 3.63) is 53.6 Å². The molecule has 1 fully saturated rings. The highest BCUT2D eigenvalue weighted by Crippen LogP contribution is 2.47. The van der Waals surface area contributed by atoms with Gasteiger partial charge in [-0.15, -0.1) is 0 Å². The van der Waals surface area contributed by atoms with Crippen molar-refractivity contribution in [3.63, 3.8) is 0 Å². The topological polar surface area (TPSA) is 221 Å². The number of hydrazine groups is 1. The number of fused-ring (bicyclic) bond motifs is 10. The summed E-state index contributed by atoms with van der Waals surface area (Å²) < 4.78 is 7.53. The first-order chi connectivity index (χ1) is 20.7. The fourth-order valence-electron chi connectivity index (χ4n) is 6.38. The molecule has 0 radical (unpaired) electrons. The monoisotopic (exact) mass is 592 g/mol. The Hall–Kier alpha value is -4.12. The van der Waals surface area contributed by atoms with Crippen LogP contribution in [0.15, 0.2) is 42.5 Å². The van der Waals surface area contributed by atoms with E-state index in [2.05, 4.69) is 10.4 Å². The highest BCUT2D eigenvalue weighted by molar-refractivity contribution is 6.39. The second-order valence-electron chi connectivity index (χ2n) is 10.8. The highest BCUT2D eigenvalue weighted by atomic mass is 16.6. The molecule has 224 valence electrons. The number of H-pyrrole nitrogens is 1. The van der Waals surface area contributed by atoms with E-state index in [9.17, 15) is 45.3 Å². The third-order valence-corrected chi connectivity index (χ3v) is 8.39. The lowest BCUT2D eigenvalue weighted by molar-refractivity contribution is -0.249. The van der Waals surface area contributed by atoms with Crippen LogP contribution in [0.4, 0.5) is 0 Å². The number of carbonyl (C=O) groups excluding carboxylic acids is 2. The number of ether oxygens (including phenoxy) is 1. The lowest BCUT2D eigenvalue weighted by atomic mass is 9.96. The quantitative estimate of drug-likeness (QED) is 0.115. The molecule has 0 aliphatic carbocycles. The maximum Gasteiger partial charge on any atom is 0.276 e. The summed E-state index contributed by atoms with van der Waals surface area (Å²) in [5, 5.41) is 74.1. The van der Waals surface area contributed by atoms with Crippen molar-refractivity contribution in [3.8, 4) is 5.75 Å². The number of aromatic amines is 1. The minimum absolute atomic E-state index is 0.0168. The van der Waals surface area contributed by atoms with Gasteiger partial charge in [-0.1, -0.05) is 18.2 Å². The van der Waals surface area contributed by atoms with Crippen LogP contribution in [-0.4, -0.2) is 112 Å². The Balaban J connectivity index is 1.63. The lowest BCUT2D eigenvalue weighted by Crippen LogP contribution is -2.56. The SMILES string of the molecule is O=C1c2c(c3c4ccccc4n([C@@H]4O[C@H](CO)[C@@H](O)[C@H](O)[C@H]4O)c3c3[nH]c4cc(O)ccc4c23)C(=O)N1NC(CO)CO. The number of para-hydroxylation sites is 1. The van der Waals surface area contributed by atoms with E-state index in [1.165, 1.54) is 12.1 Å². The number of aromatic hydroxyl groups is 1. The minimum Gasteiger partial charge on any atom is -0.508 e. The molecule has 4 heterocycles. The Kier molecular flexibility index (Phi) is 6.42. The highest BCUT2D eigenvalue weighted by Gasteiger charge is 2.47. The van der Waals surface area contributed by atoms with E-state index < -0.39 is 68.3 Å². The van der Waals surface area contributed by atoms with Gasteiger partial charge in [0, 0.05) is 27.6 Å². The predicted octanol–water partition coefficient (Wildman–Crippen LogP) is -0.439. The summed E-state index contributed by atoms with van der Waals surface area (Å²) in [6.07, 6.45) is -7.53. The van der Waals surface area contributed by atoms with E-state index in [-0.39, 0.29) is 16.9 Å². The number of phenolic OH excluding ortho intramolecular Hbond substituents is 1. The summed E-state index contributed by atoms with van der Waals surface area (Å²) in [7, 11) is 0. The van der Waals surface area contributed by atoms with Crippen LogP contribution < -0.4 is 5.43 Å². The van der Waals surface area contributed by atoms with Crippen molar-refractivity contribution in [2.45, 2.75) is 36.7 Å². The zero-order valence-corrected chi connectivity index (χ0v) is 22.4. The van der Waals surface area contributed by atoms with Crippen LogP contribution in [0.1, 0.15) is 26.9 Å². The van der Waals surface area contributed by atoms with Crippen LogP contribution in [0.3, 0.4) is 0 Å². The van der Waals surface area contributed by atoms with E-state index in [4.69, 9.17) is 4.74 Å². The number of benzene rings is 3. The van der Waals surface area contributed by atoms with Crippen LogP contribution in [0, 0.1) is 0 Å². The van der Waals surface area contributed by atoms with Crippen LogP contribution >= 0.6 is 0 Å². The normalized spacial score (nSPS) is 24.4. The Morgan fingerprint density at radius 3 is 2.28 bits per heavy atom. The largest absolute Gasteiger partial charge is 0.508 e. The molecule has 0 spiro atoms. The fourth-order valence-corrected chi connectivity index (χ4v) is 6.38. The molecular weight excluding hydrogens is 564 g/mol. The van der Waals surface area contributed by atoms with Gasteiger partial charge in [-0.25, -0.2) is 10.4 Å². The second kappa shape index (κ2) is 9.97. The van der Waals surface area contributed by atoms with E-state index >= 15 is 0 Å². The summed E-state index contributed by atoms with van der Waals surface area (Å²) in [5.74, 6) is -1.53. The Morgan fingerprint density at radius 1 is 0.884 bits per heavy atom. The molecule has 43 heavy (non-hydrogen) atoms. The number of aromatic nitrogens is 2. The molecule has 0 bridgehead atoms. The molecule has 2 aromatic heterocycles. The number of nitrogens with one attached hydrogen (secondary N) is 2. The third-order valence-electron chi connectivity index (χ3n) is 8.39. The molecule has 0 unspecified atom stereocenters. The van der Waals surface area contributed by atoms with Gasteiger partial charge in [0.1, 0.15) is 30.2 Å². The summed E-state index contributed by atoms with van der Waals surface area (Å²) in [6.45, 7) is -1.77. The molecule has 14 heteroatoms. The van der Waals surface area contributed by atoms with Gasteiger partial charge in [0.2, 0.25) is 0 Å². The standard InChI is InChI=1S/C29H28N4O10/c34-8-11(9-35)31-33-27(41)20-18-13-6-5-12(37)7-15(13)30-22(18)23-19(21(20)28(33)42)14-3-1-2-4-16(14)32(23)29-26(40)25(39)24(38)17(10-36)43-29/h1-7,11,17,24-26,29-31,34-40H,8-10H2/t17-,24-,25+,26-,29-/m1/s1. The molecule has 3 aromatic carbocycles. The van der Waals surface area contributed by atoms with Crippen LogP contribution in [0.2, 0.25) is 0 Å². The smallest absolute Gasteiger partial charge is 0.276 e. The van der Waals surface area contributed by atoms with Gasteiger partial charge in [-0.2, -0.15) is 0 Å². The van der Waals surface area contributed by atoms with Crippen molar-refractivity contribution in [1.82, 2.24) is 20.0 Å². The van der Waals surface area contributed by atoms with Gasteiger partial charge in [0.25, 0.3) is 11.8 Å². The fraction of sp³-hybridized carbons (Fsp3) is 0.310. The summed E-state index contributed by atoms with van der Waals surface area (Å²) >= 11 is 0. The first-order valence-electron chi connectivity index (χ1n) is 13.6. The van der Waals surface area contributed by atoms with Gasteiger partial charge in [-0.3, -0.25) is 9.59 Å². The van der Waals surface area contributed by atoms with Crippen molar-refractivity contribution in [1.29, 1.82) is 0 Å². The molecule has 2 aliphatic rings. The molecular formula is C29H28N4O10.